The van der Waals surface area contributed by atoms with E-state index in [9.17, 15) is 43.8 Å². The molecule has 1 aromatic carbocycles. The fourth-order valence-corrected chi connectivity index (χ4v) is 7.26. The molecule has 0 radical (unpaired) electrons. The first-order valence-electron chi connectivity index (χ1n) is 14.4. The van der Waals surface area contributed by atoms with Gasteiger partial charge in [0.2, 0.25) is 5.91 Å². The summed E-state index contributed by atoms with van der Waals surface area (Å²) in [6.07, 6.45) is 0.471. The van der Waals surface area contributed by atoms with Gasteiger partial charge in [0.05, 0.1) is 23.7 Å². The first-order valence-corrected chi connectivity index (χ1v) is 16.4. The average molecular weight is 763 g/mol. The summed E-state index contributed by atoms with van der Waals surface area (Å²) in [6, 6.07) is -0.250. The zero-order chi connectivity index (χ0) is 35.4. The third kappa shape index (κ3) is 9.75. The smallest absolute Gasteiger partial charge is 0.548 e. The molecule has 3 aliphatic rings. The van der Waals surface area contributed by atoms with E-state index in [1.54, 1.807) is 11.6 Å². The van der Waals surface area contributed by atoms with E-state index in [4.69, 9.17) is 10.5 Å². The number of carbonyl (C=O) groups is 7. The van der Waals surface area contributed by atoms with Crippen molar-refractivity contribution in [3.05, 3.63) is 47.4 Å². The fourth-order valence-electron chi connectivity index (χ4n) is 4.89. The summed E-state index contributed by atoms with van der Waals surface area (Å²) in [4.78, 5) is 88.9. The van der Waals surface area contributed by atoms with E-state index in [0.29, 0.717) is 10.7 Å². The van der Waals surface area contributed by atoms with Crippen LogP contribution in [0.2, 0.25) is 0 Å². The molecule has 51 heavy (non-hydrogen) atoms. The molecule has 20 nitrogen and oxygen atoms in total. The number of β-lactam (4-membered cyclic amide) rings is 1. The molecule has 5 rings (SSSR count). The molecule has 2 fully saturated rings. The third-order valence-corrected chi connectivity index (χ3v) is 9.86. The molecule has 0 spiro atoms. The SMILES string of the molecule is Cn1cnnc1SCC1=C(C(=O)[O-])N2C(=O)[C@@H](NC(=O)[C@H](NC(=O)N3CCNC3=O)c3ccc(NC(=O)OC[C@@H](N)C(=O)[O-])cc3)[C@@H]2SC1.[Na+].[Na+]. The Kier molecular flexibility index (Phi) is 15.2. The number of ether oxygens (including phenoxy) is 1. The van der Waals surface area contributed by atoms with E-state index in [-0.39, 0.29) is 101 Å². The Bertz CT molecular complexity index is 1730. The van der Waals surface area contributed by atoms with Crippen LogP contribution in [-0.2, 0) is 31.0 Å². The van der Waals surface area contributed by atoms with Gasteiger partial charge >= 0.3 is 77.3 Å². The van der Waals surface area contributed by atoms with Crippen LogP contribution >= 0.6 is 23.5 Å². The number of rotatable bonds is 12. The summed E-state index contributed by atoms with van der Waals surface area (Å²) in [5.74, 6) is -4.29. The van der Waals surface area contributed by atoms with Crippen LogP contribution in [0.15, 0.2) is 47.0 Å². The van der Waals surface area contributed by atoms with Gasteiger partial charge in [-0.05, 0) is 23.3 Å². The zero-order valence-electron chi connectivity index (χ0n) is 27.4. The van der Waals surface area contributed by atoms with Gasteiger partial charge in [0.25, 0.3) is 5.91 Å². The van der Waals surface area contributed by atoms with Gasteiger partial charge in [-0.1, -0.05) is 23.9 Å². The maximum atomic E-state index is 13.7. The summed E-state index contributed by atoms with van der Waals surface area (Å²) in [5, 5.41) is 40.3. The second-order valence-corrected chi connectivity index (χ2v) is 12.7. The zero-order valence-corrected chi connectivity index (χ0v) is 33.1. The topological polar surface area (TPSA) is 286 Å². The Balaban J connectivity index is 0.00000351. The van der Waals surface area contributed by atoms with E-state index in [2.05, 4.69) is 31.5 Å². The number of aliphatic carboxylic acids is 2. The number of imide groups is 1. The Morgan fingerprint density at radius 1 is 1.16 bits per heavy atom. The first-order chi connectivity index (χ1) is 23.3. The van der Waals surface area contributed by atoms with Crippen molar-refractivity contribution in [2.24, 2.45) is 12.8 Å². The van der Waals surface area contributed by atoms with Crippen molar-refractivity contribution in [1.82, 2.24) is 40.5 Å². The van der Waals surface area contributed by atoms with Crippen molar-refractivity contribution < 1.29 is 108 Å². The molecule has 2 aromatic rings. The summed E-state index contributed by atoms with van der Waals surface area (Å²) < 4.78 is 6.39. The molecular formula is C27H28N10Na2O10S2. The molecule has 3 aliphatic heterocycles. The Morgan fingerprint density at radius 2 is 1.86 bits per heavy atom. The van der Waals surface area contributed by atoms with Crippen LogP contribution < -0.4 is 96.3 Å². The van der Waals surface area contributed by atoms with Crippen LogP contribution in [0, 0.1) is 0 Å². The number of hydrogen-bond donors (Lipinski definition) is 5. The number of nitrogens with one attached hydrogen (secondary N) is 4. The van der Waals surface area contributed by atoms with Crippen molar-refractivity contribution in [3.8, 4) is 0 Å². The second-order valence-electron chi connectivity index (χ2n) is 10.7. The molecule has 0 bridgehead atoms. The molecule has 0 aliphatic carbocycles. The molecule has 6 N–H and O–H groups in total. The number of thioether (sulfide) groups is 2. The predicted molar refractivity (Wildman–Crippen MR) is 165 cm³/mol. The third-order valence-electron chi connectivity index (χ3n) is 7.40. The molecule has 4 atom stereocenters. The number of carboxylic acids is 2. The van der Waals surface area contributed by atoms with Crippen molar-refractivity contribution in [3.63, 3.8) is 0 Å². The maximum Gasteiger partial charge on any atom is 1.00 e. The van der Waals surface area contributed by atoms with Crippen LogP contribution in [0.4, 0.5) is 20.1 Å². The van der Waals surface area contributed by atoms with Gasteiger partial charge in [-0.25, -0.2) is 19.3 Å². The molecule has 1 aromatic heterocycles. The van der Waals surface area contributed by atoms with Crippen LogP contribution in [0.25, 0.3) is 0 Å². The van der Waals surface area contributed by atoms with Crippen molar-refractivity contribution in [2.75, 3.05) is 36.5 Å². The normalized spacial score (nSPS) is 18.9. The van der Waals surface area contributed by atoms with Crippen molar-refractivity contribution in [2.45, 2.75) is 28.7 Å². The van der Waals surface area contributed by atoms with Gasteiger partial charge in [0.1, 0.15) is 30.4 Å². The summed E-state index contributed by atoms with van der Waals surface area (Å²) in [6.45, 7) is -0.410. The summed E-state index contributed by atoms with van der Waals surface area (Å²) >= 11 is 2.47. The van der Waals surface area contributed by atoms with E-state index in [1.165, 1.54) is 54.1 Å². The molecule has 260 valence electrons. The average Bonchev–Trinajstić information content (AvgIpc) is 3.70. The predicted octanol–water partition coefficient (Wildman–Crippen LogP) is -9.58. The number of anilines is 1. The number of fused-ring (bicyclic) bond motifs is 1. The number of aryl methyl sites for hydroxylation is 1. The van der Waals surface area contributed by atoms with E-state index < -0.39 is 72.0 Å². The molecule has 24 heteroatoms. The Labute approximate surface area is 342 Å². The number of nitrogens with zero attached hydrogens (tertiary/aromatic N) is 5. The van der Waals surface area contributed by atoms with Crippen molar-refractivity contribution >= 4 is 71.1 Å². The molecule has 2 saturated heterocycles. The van der Waals surface area contributed by atoms with Gasteiger partial charge in [0, 0.05) is 37.3 Å². The maximum absolute atomic E-state index is 13.7. The number of benzene rings is 1. The Hall–Kier alpha value is -3.35. The van der Waals surface area contributed by atoms with E-state index in [1.807, 2.05) is 0 Å². The van der Waals surface area contributed by atoms with Crippen LogP contribution in [0.1, 0.15) is 11.6 Å². The molecule has 0 unspecified atom stereocenters. The standard InChI is InChI=1S/C27H30N10O10S2.2Na/c1-35-11-30-34-26(35)49-10-13-9-48-21-17(20(39)37(21)18(13)23(42)43)32-19(38)16(33-25(45)36-7-6-29-24(36)44)12-2-4-14(5-3-12)31-27(46)47-8-15(28)22(40)41;;/h2-5,11,15-17,21H,6-10,28H2,1H3,(H,29,44)(H,31,46)(H,32,38)(H,33,45)(H,40,41)(H,42,43);;/q;2*+1/p-2/t15-,16-,17-,21+;;/m1../s1. The summed E-state index contributed by atoms with van der Waals surface area (Å²) in [7, 11) is 1.73. The van der Waals surface area contributed by atoms with Crippen molar-refractivity contribution in [1.29, 1.82) is 0 Å². The van der Waals surface area contributed by atoms with Crippen LogP contribution in [0.3, 0.4) is 0 Å². The van der Waals surface area contributed by atoms with E-state index >= 15 is 0 Å². The number of aromatic nitrogens is 3. The molecule has 4 heterocycles. The van der Waals surface area contributed by atoms with E-state index in [0.717, 1.165) is 9.80 Å². The second kappa shape index (κ2) is 18.4. The molecular weight excluding hydrogens is 734 g/mol. The number of urea groups is 2. The van der Waals surface area contributed by atoms with Gasteiger partial charge in [-0.3, -0.25) is 19.8 Å². The van der Waals surface area contributed by atoms with Crippen LogP contribution in [0.5, 0.6) is 0 Å². The summed E-state index contributed by atoms with van der Waals surface area (Å²) in [5.41, 5.74) is 5.75. The number of carbonyl (C=O) groups excluding carboxylic acids is 7. The minimum absolute atomic E-state index is 0. The van der Waals surface area contributed by atoms with Gasteiger partial charge in [-0.15, -0.1) is 22.0 Å². The number of amides is 7. The number of hydrogen-bond acceptors (Lipinski definition) is 15. The quantitative estimate of drug-likeness (QED) is 0.0763. The number of carboxylic acid groups (broad SMARTS) is 2. The minimum atomic E-state index is -1.61. The fraction of sp³-hybridized carbons (Fsp3) is 0.370. The Morgan fingerprint density at radius 3 is 2.45 bits per heavy atom. The minimum Gasteiger partial charge on any atom is -0.548 e. The number of nitrogens with two attached hydrogens (primary N) is 1. The van der Waals surface area contributed by atoms with Crippen LogP contribution in [-0.4, -0.2) is 115 Å². The first kappa shape index (κ1) is 42.1. The monoisotopic (exact) mass is 762 g/mol. The van der Waals surface area contributed by atoms with Gasteiger partial charge in [0.15, 0.2) is 5.16 Å². The largest absolute Gasteiger partial charge is 1.00 e. The molecule has 7 amide bonds. The van der Waals surface area contributed by atoms with Gasteiger partial charge in [-0.2, -0.15) is 0 Å². The molecule has 0 saturated carbocycles. The van der Waals surface area contributed by atoms with Gasteiger partial charge < -0.3 is 50.8 Å².